The third-order valence-corrected chi connectivity index (χ3v) is 12.6. The number of benzene rings is 2. The molecule has 0 amide bonds. The fourth-order valence-electron chi connectivity index (χ4n) is 4.38. The van der Waals surface area contributed by atoms with Crippen molar-refractivity contribution in [1.82, 2.24) is 0 Å². The van der Waals surface area contributed by atoms with Crippen LogP contribution in [0.4, 0.5) is 0 Å². The molecular weight excluding hydrogens is 560 g/mol. The van der Waals surface area contributed by atoms with Gasteiger partial charge in [-0.2, -0.15) is 0 Å². The molecule has 5 atom stereocenters. The van der Waals surface area contributed by atoms with Crippen molar-refractivity contribution in [3.8, 4) is 5.75 Å². The molecule has 1 aliphatic rings. The van der Waals surface area contributed by atoms with Gasteiger partial charge in [0.25, 0.3) is 0 Å². The highest BCUT2D eigenvalue weighted by atomic mass is 28.4. The Bertz CT molecular complexity index is 1170. The highest BCUT2D eigenvalue weighted by Crippen LogP contribution is 2.38. The lowest BCUT2D eigenvalue weighted by Crippen LogP contribution is -2.50. The van der Waals surface area contributed by atoms with Gasteiger partial charge in [-0.3, -0.25) is 4.79 Å². The molecule has 0 aliphatic carbocycles. The second-order valence-electron chi connectivity index (χ2n) is 13.8. The maximum absolute atomic E-state index is 12.7. The normalized spacial score (nSPS) is 22.4. The van der Waals surface area contributed by atoms with E-state index in [9.17, 15) is 4.79 Å². The van der Waals surface area contributed by atoms with E-state index >= 15 is 0 Å². The maximum Gasteiger partial charge on any atom is 0.311 e. The second kappa shape index (κ2) is 15.0. The maximum atomic E-state index is 12.7. The number of carbonyl (C=O) groups excluding carboxylic acids is 1. The number of ether oxygens (including phenoxy) is 5. The number of carbonyl (C=O) groups is 1. The van der Waals surface area contributed by atoms with Crippen molar-refractivity contribution in [2.75, 3.05) is 13.7 Å². The summed E-state index contributed by atoms with van der Waals surface area (Å²) in [6.45, 7) is 19.3. The van der Waals surface area contributed by atoms with E-state index in [0.717, 1.165) is 23.3 Å². The van der Waals surface area contributed by atoms with Crippen LogP contribution in [0.3, 0.4) is 0 Å². The lowest BCUT2D eigenvalue weighted by molar-refractivity contribution is -0.294. The van der Waals surface area contributed by atoms with E-state index in [4.69, 9.17) is 28.1 Å². The van der Waals surface area contributed by atoms with Crippen LogP contribution in [-0.2, 0) is 34.8 Å². The first-order chi connectivity index (χ1) is 20.1. The van der Waals surface area contributed by atoms with E-state index in [0.29, 0.717) is 6.61 Å². The number of hydrogen-bond acceptors (Lipinski definition) is 7. The van der Waals surface area contributed by atoms with E-state index in [2.05, 4.69) is 46.9 Å². The summed E-state index contributed by atoms with van der Waals surface area (Å²) in [6.07, 6.45) is 2.77. The number of esters is 1. The molecule has 0 N–H and O–H groups in total. The van der Waals surface area contributed by atoms with Gasteiger partial charge in [0.05, 0.1) is 19.1 Å². The molecular formula is C35H52O7Si. The standard InChI is InChI=1S/C35H52O7Si/c1-25(42-43(9,10)35(5,6)7)15-14-18-29-31(38-23-26-19-21-28(37-8)22-20-26)30(24-39-33(36)34(2,3)4)41-32(40-29)27-16-12-11-13-17-27/h11-14,16-22,25,29-32H,15,23-24H2,1-10H3/b18-14+/t25-,29+,30-,31+,32+/m1/s1. The van der Waals surface area contributed by atoms with E-state index < -0.39 is 38.3 Å². The van der Waals surface area contributed by atoms with Crippen LogP contribution in [0, 0.1) is 5.41 Å². The van der Waals surface area contributed by atoms with Crippen LogP contribution < -0.4 is 4.74 Å². The minimum absolute atomic E-state index is 0.0469. The fourth-order valence-corrected chi connectivity index (χ4v) is 5.83. The van der Waals surface area contributed by atoms with E-state index in [1.54, 1.807) is 7.11 Å². The Morgan fingerprint density at radius 3 is 2.21 bits per heavy atom. The fraction of sp³-hybridized carbons (Fsp3) is 0.571. The highest BCUT2D eigenvalue weighted by molar-refractivity contribution is 6.74. The average Bonchev–Trinajstić information content (AvgIpc) is 2.94. The summed E-state index contributed by atoms with van der Waals surface area (Å²) in [5, 5.41) is 0.135. The van der Waals surface area contributed by atoms with Crippen LogP contribution in [0.15, 0.2) is 66.7 Å². The molecule has 43 heavy (non-hydrogen) atoms. The molecule has 2 aromatic carbocycles. The van der Waals surface area contributed by atoms with Crippen LogP contribution in [0.2, 0.25) is 18.1 Å². The van der Waals surface area contributed by atoms with Gasteiger partial charge < -0.3 is 28.1 Å². The molecule has 2 aromatic rings. The zero-order chi connectivity index (χ0) is 31.8. The molecule has 0 spiro atoms. The van der Waals surface area contributed by atoms with Crippen molar-refractivity contribution in [2.24, 2.45) is 5.41 Å². The SMILES string of the molecule is COc1ccc(CO[C@H]2[C@H](/C=C/C[C@@H](C)O[Si](C)(C)C(C)(C)C)O[C@H](c3ccccc3)O[C@@H]2COC(=O)C(C)(C)C)cc1. The largest absolute Gasteiger partial charge is 0.497 e. The van der Waals surface area contributed by atoms with Crippen molar-refractivity contribution >= 4 is 14.3 Å². The predicted molar refractivity (Wildman–Crippen MR) is 172 cm³/mol. The molecule has 0 aromatic heterocycles. The van der Waals surface area contributed by atoms with Gasteiger partial charge in [0.2, 0.25) is 0 Å². The molecule has 7 nitrogen and oxygen atoms in total. The van der Waals surface area contributed by atoms with Crippen molar-refractivity contribution in [3.63, 3.8) is 0 Å². The Hall–Kier alpha value is -2.49. The Kier molecular flexibility index (Phi) is 12.2. The number of rotatable bonds is 12. The monoisotopic (exact) mass is 612 g/mol. The summed E-state index contributed by atoms with van der Waals surface area (Å²) in [7, 11) is -0.256. The van der Waals surface area contributed by atoms with Crippen LogP contribution in [0.5, 0.6) is 5.75 Å². The quantitative estimate of drug-likeness (QED) is 0.137. The Morgan fingerprint density at radius 2 is 1.63 bits per heavy atom. The smallest absolute Gasteiger partial charge is 0.311 e. The molecule has 238 valence electrons. The predicted octanol–water partition coefficient (Wildman–Crippen LogP) is 8.01. The van der Waals surface area contributed by atoms with Gasteiger partial charge in [0, 0.05) is 11.7 Å². The first kappa shape index (κ1) is 35.0. The molecule has 1 heterocycles. The molecule has 1 aliphatic heterocycles. The van der Waals surface area contributed by atoms with Gasteiger partial charge in [-0.1, -0.05) is 75.4 Å². The molecule has 0 saturated carbocycles. The van der Waals surface area contributed by atoms with Gasteiger partial charge >= 0.3 is 5.97 Å². The second-order valence-corrected chi connectivity index (χ2v) is 18.6. The Balaban J connectivity index is 1.86. The van der Waals surface area contributed by atoms with Crippen molar-refractivity contribution in [1.29, 1.82) is 0 Å². The zero-order valence-corrected chi connectivity index (χ0v) is 28.7. The summed E-state index contributed by atoms with van der Waals surface area (Å²) >= 11 is 0. The molecule has 1 saturated heterocycles. The summed E-state index contributed by atoms with van der Waals surface area (Å²) in [4.78, 5) is 12.7. The van der Waals surface area contributed by atoms with E-state index in [1.807, 2.05) is 81.4 Å². The molecule has 0 bridgehead atoms. The Morgan fingerprint density at radius 1 is 0.977 bits per heavy atom. The van der Waals surface area contributed by atoms with Gasteiger partial charge in [0.1, 0.15) is 30.7 Å². The van der Waals surface area contributed by atoms with Crippen molar-refractivity contribution in [3.05, 3.63) is 77.9 Å². The third kappa shape index (κ3) is 10.3. The minimum Gasteiger partial charge on any atom is -0.497 e. The van der Waals surface area contributed by atoms with Crippen LogP contribution in [-0.4, -0.2) is 52.4 Å². The van der Waals surface area contributed by atoms with Gasteiger partial charge in [-0.15, -0.1) is 0 Å². The molecule has 8 heteroatoms. The number of methoxy groups -OCH3 is 1. The highest BCUT2D eigenvalue weighted by Gasteiger charge is 2.42. The first-order valence-electron chi connectivity index (χ1n) is 15.2. The topological polar surface area (TPSA) is 72.5 Å². The van der Waals surface area contributed by atoms with Crippen LogP contribution >= 0.6 is 0 Å². The van der Waals surface area contributed by atoms with Crippen LogP contribution in [0.25, 0.3) is 0 Å². The molecule has 3 rings (SSSR count). The first-order valence-corrected chi connectivity index (χ1v) is 18.1. The van der Waals surface area contributed by atoms with Gasteiger partial charge in [-0.25, -0.2) is 0 Å². The van der Waals surface area contributed by atoms with E-state index in [-0.39, 0.29) is 23.7 Å². The lowest BCUT2D eigenvalue weighted by atomic mass is 9.97. The minimum atomic E-state index is -1.90. The molecule has 0 radical (unpaired) electrons. The summed E-state index contributed by atoms with van der Waals surface area (Å²) in [5.74, 6) is 0.483. The third-order valence-electron chi connectivity index (χ3n) is 8.03. The summed E-state index contributed by atoms with van der Waals surface area (Å²) < 4.78 is 37.1. The van der Waals surface area contributed by atoms with Crippen molar-refractivity contribution in [2.45, 2.75) is 110 Å². The molecule has 0 unspecified atom stereocenters. The van der Waals surface area contributed by atoms with Gasteiger partial charge in [-0.05, 0) is 69.9 Å². The summed E-state index contributed by atoms with van der Waals surface area (Å²) in [5.41, 5.74) is 1.23. The van der Waals surface area contributed by atoms with Gasteiger partial charge in [0.15, 0.2) is 14.6 Å². The lowest BCUT2D eigenvalue weighted by Gasteiger charge is -2.41. The average molecular weight is 613 g/mol. The van der Waals surface area contributed by atoms with E-state index in [1.165, 1.54) is 0 Å². The van der Waals surface area contributed by atoms with Crippen LogP contribution in [0.1, 0.15) is 72.3 Å². The number of hydrogen-bond donors (Lipinski definition) is 0. The molecule has 1 fully saturated rings. The Labute approximate surface area is 260 Å². The zero-order valence-electron chi connectivity index (χ0n) is 27.7. The summed E-state index contributed by atoms with van der Waals surface area (Å²) in [6, 6.07) is 17.5. The van der Waals surface area contributed by atoms with Crippen molar-refractivity contribution < 1.29 is 32.9 Å².